The van der Waals surface area contributed by atoms with E-state index in [1.165, 1.54) is 0 Å². The molecule has 0 fully saturated rings. The molecule has 0 aliphatic carbocycles. The molecule has 0 atom stereocenters. The summed E-state index contributed by atoms with van der Waals surface area (Å²) in [6.07, 6.45) is 0. The molecule has 0 spiro atoms. The van der Waals surface area contributed by atoms with Gasteiger partial charge in [-0.2, -0.15) is 0 Å². The van der Waals surface area contributed by atoms with Gasteiger partial charge in [-0.15, -0.1) is 0 Å². The average molecular weight is 240 g/mol. The van der Waals surface area contributed by atoms with Gasteiger partial charge in [0.25, 0.3) is 0 Å². The number of carboxylic acid groups (broad SMARTS) is 1. The summed E-state index contributed by atoms with van der Waals surface area (Å²) in [5.41, 5.74) is 0.934. The van der Waals surface area contributed by atoms with E-state index in [0.717, 1.165) is 18.7 Å². The first-order chi connectivity index (χ1) is 7.90. The number of aryl methyl sites for hydroxylation is 1. The molecule has 96 valence electrons. The van der Waals surface area contributed by atoms with Crippen molar-refractivity contribution in [2.45, 2.75) is 13.5 Å². The number of nitrogens with zero attached hydrogens (tertiary/aromatic N) is 2. The second kappa shape index (κ2) is 5.84. The van der Waals surface area contributed by atoms with E-state index in [9.17, 15) is 4.79 Å². The van der Waals surface area contributed by atoms with Gasteiger partial charge < -0.3 is 19.3 Å². The smallest absolute Gasteiger partial charge is 0.371 e. The first-order valence-electron chi connectivity index (χ1n) is 5.56. The van der Waals surface area contributed by atoms with Crippen molar-refractivity contribution in [3.05, 3.63) is 23.2 Å². The van der Waals surface area contributed by atoms with Crippen LogP contribution in [-0.4, -0.2) is 55.1 Å². The molecule has 5 heteroatoms. The van der Waals surface area contributed by atoms with Crippen LogP contribution in [0.15, 0.2) is 10.5 Å². The largest absolute Gasteiger partial charge is 0.475 e. The van der Waals surface area contributed by atoms with Crippen molar-refractivity contribution in [3.8, 4) is 0 Å². The van der Waals surface area contributed by atoms with Gasteiger partial charge in [-0.3, -0.25) is 0 Å². The number of carbonyl (C=O) groups is 1. The van der Waals surface area contributed by atoms with E-state index in [-0.39, 0.29) is 5.76 Å². The summed E-state index contributed by atoms with van der Waals surface area (Å²) in [6.45, 7) is 4.40. The molecule has 17 heavy (non-hydrogen) atoms. The van der Waals surface area contributed by atoms with E-state index < -0.39 is 5.97 Å². The Balaban J connectivity index is 2.58. The van der Waals surface area contributed by atoms with Crippen molar-refractivity contribution in [3.63, 3.8) is 0 Å². The molecular weight excluding hydrogens is 220 g/mol. The maximum atomic E-state index is 10.8. The van der Waals surface area contributed by atoms with Crippen LogP contribution >= 0.6 is 0 Å². The molecular formula is C12H20N2O3. The lowest BCUT2D eigenvalue weighted by molar-refractivity contribution is 0.0661. The van der Waals surface area contributed by atoms with E-state index >= 15 is 0 Å². The Hall–Kier alpha value is -1.33. The summed E-state index contributed by atoms with van der Waals surface area (Å²) in [4.78, 5) is 15.0. The highest BCUT2D eigenvalue weighted by Crippen LogP contribution is 2.16. The molecule has 1 aromatic heterocycles. The fourth-order valence-corrected chi connectivity index (χ4v) is 1.52. The molecule has 0 aromatic carbocycles. The summed E-state index contributed by atoms with van der Waals surface area (Å²) < 4.78 is 5.17. The summed E-state index contributed by atoms with van der Waals surface area (Å²) in [6, 6.07) is 1.60. The lowest BCUT2D eigenvalue weighted by atomic mass is 10.2. The highest BCUT2D eigenvalue weighted by molar-refractivity contribution is 5.84. The highest BCUT2D eigenvalue weighted by atomic mass is 16.4. The minimum atomic E-state index is -1.02. The van der Waals surface area contributed by atoms with Crippen molar-refractivity contribution < 1.29 is 14.3 Å². The third-order valence-corrected chi connectivity index (χ3v) is 2.60. The van der Waals surface area contributed by atoms with Gasteiger partial charge in [-0.25, -0.2) is 4.79 Å². The second-order valence-electron chi connectivity index (χ2n) is 4.54. The Bertz CT molecular complexity index is 385. The van der Waals surface area contributed by atoms with Crippen molar-refractivity contribution in [1.82, 2.24) is 9.80 Å². The van der Waals surface area contributed by atoms with Gasteiger partial charge in [0.15, 0.2) is 0 Å². The molecule has 1 heterocycles. The SMILES string of the molecule is Cc1oc(C(=O)O)cc1CN(C)CCN(C)C. The van der Waals surface area contributed by atoms with Gasteiger partial charge in [0, 0.05) is 25.2 Å². The molecule has 0 aliphatic rings. The van der Waals surface area contributed by atoms with E-state index in [2.05, 4.69) is 9.80 Å². The monoisotopic (exact) mass is 240 g/mol. The van der Waals surface area contributed by atoms with Crippen LogP contribution in [-0.2, 0) is 6.54 Å². The Labute approximate surface area is 102 Å². The number of carboxylic acids is 1. The number of likely N-dealkylation sites (N-methyl/N-ethyl adjacent to an activating group) is 2. The molecule has 0 bridgehead atoms. The Kier molecular flexibility index (Phi) is 4.72. The quantitative estimate of drug-likeness (QED) is 0.811. The zero-order chi connectivity index (χ0) is 13.0. The number of furan rings is 1. The first kappa shape index (κ1) is 13.7. The van der Waals surface area contributed by atoms with E-state index in [4.69, 9.17) is 9.52 Å². The molecule has 0 saturated heterocycles. The number of hydrogen-bond acceptors (Lipinski definition) is 4. The van der Waals surface area contributed by atoms with Crippen molar-refractivity contribution in [2.75, 3.05) is 34.2 Å². The Morgan fingerprint density at radius 1 is 1.35 bits per heavy atom. The number of aromatic carboxylic acids is 1. The predicted molar refractivity (Wildman–Crippen MR) is 65.3 cm³/mol. The maximum absolute atomic E-state index is 10.8. The average Bonchev–Trinajstić information content (AvgIpc) is 2.58. The van der Waals surface area contributed by atoms with Gasteiger partial charge in [-0.05, 0) is 34.1 Å². The Morgan fingerprint density at radius 2 is 2.00 bits per heavy atom. The van der Waals surface area contributed by atoms with Crippen LogP contribution in [0.2, 0.25) is 0 Å². The summed E-state index contributed by atoms with van der Waals surface area (Å²) >= 11 is 0. The molecule has 0 unspecified atom stereocenters. The number of hydrogen-bond donors (Lipinski definition) is 1. The third-order valence-electron chi connectivity index (χ3n) is 2.60. The molecule has 5 nitrogen and oxygen atoms in total. The van der Waals surface area contributed by atoms with Crippen molar-refractivity contribution in [1.29, 1.82) is 0 Å². The van der Waals surface area contributed by atoms with Crippen LogP contribution in [0, 0.1) is 6.92 Å². The first-order valence-corrected chi connectivity index (χ1v) is 5.56. The normalized spacial score (nSPS) is 11.4. The van der Waals surface area contributed by atoms with Gasteiger partial charge in [0.1, 0.15) is 5.76 Å². The minimum absolute atomic E-state index is 0.0125. The predicted octanol–water partition coefficient (Wildman–Crippen LogP) is 1.28. The maximum Gasteiger partial charge on any atom is 0.371 e. The van der Waals surface area contributed by atoms with Crippen LogP contribution in [0.1, 0.15) is 21.9 Å². The van der Waals surface area contributed by atoms with Crippen molar-refractivity contribution >= 4 is 5.97 Å². The van der Waals surface area contributed by atoms with Crippen LogP contribution in [0.3, 0.4) is 0 Å². The fraction of sp³-hybridized carbons (Fsp3) is 0.583. The zero-order valence-electron chi connectivity index (χ0n) is 10.9. The second-order valence-corrected chi connectivity index (χ2v) is 4.54. The fourth-order valence-electron chi connectivity index (χ4n) is 1.52. The van der Waals surface area contributed by atoms with Crippen LogP contribution in [0.4, 0.5) is 0 Å². The van der Waals surface area contributed by atoms with Gasteiger partial charge >= 0.3 is 5.97 Å². The van der Waals surface area contributed by atoms with Crippen molar-refractivity contribution in [2.24, 2.45) is 0 Å². The van der Waals surface area contributed by atoms with E-state index in [1.54, 1.807) is 13.0 Å². The standard InChI is InChI=1S/C12H20N2O3/c1-9-10(7-11(17-9)12(15)16)8-14(4)6-5-13(2)3/h7H,5-6,8H2,1-4H3,(H,15,16). The molecule has 1 aromatic rings. The molecule has 0 aliphatic heterocycles. The summed E-state index contributed by atoms with van der Waals surface area (Å²) in [5, 5.41) is 8.82. The van der Waals surface area contributed by atoms with E-state index in [0.29, 0.717) is 12.3 Å². The lowest BCUT2D eigenvalue weighted by Gasteiger charge is -2.18. The Morgan fingerprint density at radius 3 is 2.47 bits per heavy atom. The molecule has 0 radical (unpaired) electrons. The minimum Gasteiger partial charge on any atom is -0.475 e. The molecule has 1 rings (SSSR count). The lowest BCUT2D eigenvalue weighted by Crippen LogP contribution is -2.28. The highest BCUT2D eigenvalue weighted by Gasteiger charge is 2.14. The van der Waals surface area contributed by atoms with E-state index in [1.807, 2.05) is 21.1 Å². The van der Waals surface area contributed by atoms with Crippen LogP contribution in [0.5, 0.6) is 0 Å². The molecule has 0 saturated carbocycles. The molecule has 1 N–H and O–H groups in total. The van der Waals surface area contributed by atoms with Crippen LogP contribution < -0.4 is 0 Å². The summed E-state index contributed by atoms with van der Waals surface area (Å²) in [7, 11) is 6.06. The van der Waals surface area contributed by atoms with Gasteiger partial charge in [-0.1, -0.05) is 0 Å². The number of rotatable bonds is 6. The molecule has 0 amide bonds. The third kappa shape index (κ3) is 4.20. The van der Waals surface area contributed by atoms with Gasteiger partial charge in [0.2, 0.25) is 5.76 Å². The van der Waals surface area contributed by atoms with Crippen LogP contribution in [0.25, 0.3) is 0 Å². The zero-order valence-corrected chi connectivity index (χ0v) is 10.9. The topological polar surface area (TPSA) is 56.9 Å². The summed E-state index contributed by atoms with van der Waals surface area (Å²) in [5.74, 6) is -0.326. The van der Waals surface area contributed by atoms with Gasteiger partial charge in [0.05, 0.1) is 0 Å².